The lowest BCUT2D eigenvalue weighted by molar-refractivity contribution is -0.231. The Balaban J connectivity index is 2.14. The van der Waals surface area contributed by atoms with Gasteiger partial charge in [-0.05, 0) is 6.07 Å². The number of nitriles is 1. The third-order valence-electron chi connectivity index (χ3n) is 1.93. The van der Waals surface area contributed by atoms with Crippen molar-refractivity contribution in [2.24, 2.45) is 0 Å². The quantitative estimate of drug-likeness (QED) is 0.534. The highest BCUT2D eigenvalue weighted by Gasteiger charge is 2.33. The van der Waals surface area contributed by atoms with Gasteiger partial charge < -0.3 is 9.62 Å². The molecule has 1 aromatic rings. The Morgan fingerprint density at radius 3 is 3.13 bits per heavy atom. The van der Waals surface area contributed by atoms with Crippen LogP contribution in [0.5, 0.6) is 5.75 Å². The van der Waals surface area contributed by atoms with Gasteiger partial charge in [0, 0.05) is 5.56 Å². The third-order valence-corrected chi connectivity index (χ3v) is 1.93. The van der Waals surface area contributed by atoms with Gasteiger partial charge in [0.1, 0.15) is 6.07 Å². The van der Waals surface area contributed by atoms with Crippen LogP contribution < -0.4 is 4.89 Å². The Labute approximate surface area is 85.7 Å². The molecule has 1 unspecified atom stereocenters. The molecule has 0 N–H and O–H groups in total. The molecule has 0 radical (unpaired) electrons. The molecule has 0 saturated carbocycles. The first-order valence-corrected chi connectivity index (χ1v) is 4.29. The summed E-state index contributed by atoms with van der Waals surface area (Å²) in [7, 11) is 0. The summed E-state index contributed by atoms with van der Waals surface area (Å²) < 4.78 is 4.63. The predicted octanol–water partition coefficient (Wildman–Crippen LogP) is 1.12. The number of hydrogen-bond acceptors (Lipinski definition) is 5. The monoisotopic (exact) mass is 205 g/mol. The highest BCUT2D eigenvalue weighted by atomic mass is 17.2. The predicted molar refractivity (Wildman–Crippen MR) is 47.5 cm³/mol. The van der Waals surface area contributed by atoms with Gasteiger partial charge in [0.2, 0.25) is 6.10 Å². The lowest BCUT2D eigenvalue weighted by atomic mass is 10.1. The molecular formula is C10H7NO4. The zero-order valence-corrected chi connectivity index (χ0v) is 7.67. The van der Waals surface area contributed by atoms with Gasteiger partial charge in [-0.25, -0.2) is 4.79 Å². The standard InChI is InChI=1S/C10H7NO4/c11-5-6-13-10(12)9-7-3-1-2-4-8(7)14-15-9/h1-4,9H,6H2. The van der Waals surface area contributed by atoms with Crippen LogP contribution in [0.2, 0.25) is 0 Å². The van der Waals surface area contributed by atoms with Crippen molar-refractivity contribution in [2.75, 3.05) is 6.61 Å². The molecule has 2 rings (SSSR count). The summed E-state index contributed by atoms with van der Waals surface area (Å²) in [6.45, 7) is -0.291. The van der Waals surface area contributed by atoms with E-state index < -0.39 is 12.1 Å². The van der Waals surface area contributed by atoms with Crippen molar-refractivity contribution in [1.29, 1.82) is 5.26 Å². The fourth-order valence-corrected chi connectivity index (χ4v) is 1.27. The lowest BCUT2D eigenvalue weighted by Gasteiger charge is -2.04. The van der Waals surface area contributed by atoms with E-state index in [1.807, 2.05) is 0 Å². The molecule has 15 heavy (non-hydrogen) atoms. The molecule has 76 valence electrons. The number of hydrogen-bond donors (Lipinski definition) is 0. The average Bonchev–Trinajstić information content (AvgIpc) is 2.69. The maximum atomic E-state index is 11.4. The van der Waals surface area contributed by atoms with Gasteiger partial charge in [0.25, 0.3) is 0 Å². The van der Waals surface area contributed by atoms with E-state index in [1.54, 1.807) is 30.3 Å². The van der Waals surface area contributed by atoms with Gasteiger partial charge >= 0.3 is 5.97 Å². The number of carbonyl (C=O) groups is 1. The number of benzene rings is 1. The van der Waals surface area contributed by atoms with E-state index in [2.05, 4.69) is 4.74 Å². The summed E-state index contributed by atoms with van der Waals surface area (Å²) in [6.07, 6.45) is -0.894. The van der Waals surface area contributed by atoms with Crippen molar-refractivity contribution in [1.82, 2.24) is 0 Å². The maximum absolute atomic E-state index is 11.4. The molecule has 5 heteroatoms. The summed E-state index contributed by atoms with van der Waals surface area (Å²) in [5.41, 5.74) is 0.612. The fourth-order valence-electron chi connectivity index (χ4n) is 1.27. The number of carbonyl (C=O) groups excluding carboxylic acids is 1. The third kappa shape index (κ3) is 1.75. The second-order valence-electron chi connectivity index (χ2n) is 2.86. The van der Waals surface area contributed by atoms with Crippen LogP contribution in [-0.4, -0.2) is 12.6 Å². The smallest absolute Gasteiger partial charge is 0.345 e. The highest BCUT2D eigenvalue weighted by molar-refractivity contribution is 5.78. The maximum Gasteiger partial charge on any atom is 0.345 e. The number of ether oxygens (including phenoxy) is 1. The van der Waals surface area contributed by atoms with Gasteiger partial charge in [-0.3, -0.25) is 0 Å². The molecule has 0 spiro atoms. The first-order chi connectivity index (χ1) is 7.33. The molecule has 0 fully saturated rings. The first kappa shape index (κ1) is 9.49. The van der Waals surface area contributed by atoms with Crippen molar-refractivity contribution in [3.8, 4) is 11.8 Å². The van der Waals surface area contributed by atoms with Crippen molar-refractivity contribution < 1.29 is 19.3 Å². The van der Waals surface area contributed by atoms with Crippen LogP contribution in [0.15, 0.2) is 24.3 Å². The first-order valence-electron chi connectivity index (χ1n) is 4.29. The number of para-hydroxylation sites is 1. The number of rotatable bonds is 2. The second-order valence-corrected chi connectivity index (χ2v) is 2.86. The Hall–Kier alpha value is -2.06. The van der Waals surface area contributed by atoms with E-state index in [1.165, 1.54) is 0 Å². The van der Waals surface area contributed by atoms with Gasteiger partial charge in [-0.15, -0.1) is 0 Å². The van der Waals surface area contributed by atoms with Crippen LogP contribution in [0.1, 0.15) is 11.7 Å². The van der Waals surface area contributed by atoms with Crippen LogP contribution >= 0.6 is 0 Å². The molecule has 1 atom stereocenters. The zero-order valence-electron chi connectivity index (χ0n) is 7.67. The largest absolute Gasteiger partial charge is 0.448 e. The SMILES string of the molecule is N#CCOC(=O)C1OOc2ccccc21. The second kappa shape index (κ2) is 3.98. The van der Waals surface area contributed by atoms with Crippen molar-refractivity contribution >= 4 is 5.97 Å². The molecule has 0 aromatic heterocycles. The van der Waals surface area contributed by atoms with Crippen LogP contribution in [-0.2, 0) is 14.4 Å². The average molecular weight is 205 g/mol. The van der Waals surface area contributed by atoms with Crippen molar-refractivity contribution in [3.05, 3.63) is 29.8 Å². The Bertz CT molecular complexity index is 424. The molecule has 1 aliphatic rings. The summed E-state index contributed by atoms with van der Waals surface area (Å²) in [4.78, 5) is 21.0. The van der Waals surface area contributed by atoms with Crippen molar-refractivity contribution in [2.45, 2.75) is 6.10 Å². The molecule has 1 aromatic carbocycles. The summed E-state index contributed by atoms with van der Waals surface area (Å²) in [5.74, 6) is -0.127. The van der Waals surface area contributed by atoms with Crippen LogP contribution in [0.3, 0.4) is 0 Å². The van der Waals surface area contributed by atoms with E-state index in [0.29, 0.717) is 11.3 Å². The molecule has 0 bridgehead atoms. The molecule has 0 saturated heterocycles. The van der Waals surface area contributed by atoms with E-state index in [0.717, 1.165) is 0 Å². The summed E-state index contributed by atoms with van der Waals surface area (Å²) in [6, 6.07) is 8.64. The van der Waals surface area contributed by atoms with Crippen molar-refractivity contribution in [3.63, 3.8) is 0 Å². The molecular weight excluding hydrogens is 198 g/mol. The minimum absolute atomic E-state index is 0.291. The summed E-state index contributed by atoms with van der Waals surface area (Å²) in [5, 5.41) is 8.25. The topological polar surface area (TPSA) is 68.5 Å². The zero-order chi connectivity index (χ0) is 10.7. The lowest BCUT2D eigenvalue weighted by Crippen LogP contribution is -2.15. The number of fused-ring (bicyclic) bond motifs is 1. The summed E-state index contributed by atoms with van der Waals surface area (Å²) >= 11 is 0. The molecule has 1 heterocycles. The van der Waals surface area contributed by atoms with E-state index in [9.17, 15) is 4.79 Å². The van der Waals surface area contributed by atoms with Crippen LogP contribution in [0, 0.1) is 11.3 Å². The highest BCUT2D eigenvalue weighted by Crippen LogP contribution is 2.35. The number of nitrogens with zero attached hydrogens (tertiary/aromatic N) is 1. The van der Waals surface area contributed by atoms with E-state index >= 15 is 0 Å². The normalized spacial score (nSPS) is 17.4. The van der Waals surface area contributed by atoms with E-state index in [4.69, 9.17) is 15.0 Å². The van der Waals surface area contributed by atoms with Gasteiger partial charge in [-0.2, -0.15) is 10.1 Å². The fraction of sp³-hybridized carbons (Fsp3) is 0.200. The van der Waals surface area contributed by atoms with Crippen LogP contribution in [0.4, 0.5) is 0 Å². The molecule has 1 aliphatic heterocycles. The van der Waals surface area contributed by atoms with Crippen LogP contribution in [0.25, 0.3) is 0 Å². The van der Waals surface area contributed by atoms with Gasteiger partial charge in [0.15, 0.2) is 12.4 Å². The Kier molecular flexibility index (Phi) is 2.52. The molecule has 0 amide bonds. The van der Waals surface area contributed by atoms with Gasteiger partial charge in [0.05, 0.1) is 0 Å². The molecule has 0 aliphatic carbocycles. The number of esters is 1. The Morgan fingerprint density at radius 2 is 2.33 bits per heavy atom. The molecule has 5 nitrogen and oxygen atoms in total. The Morgan fingerprint density at radius 1 is 1.53 bits per heavy atom. The minimum atomic E-state index is -0.894. The van der Waals surface area contributed by atoms with E-state index in [-0.39, 0.29) is 6.61 Å². The van der Waals surface area contributed by atoms with Gasteiger partial charge in [-0.1, -0.05) is 18.2 Å². The minimum Gasteiger partial charge on any atom is -0.448 e.